The predicted octanol–water partition coefficient (Wildman–Crippen LogP) is 1.26. The molecule has 1 aliphatic rings. The van der Waals surface area contributed by atoms with Crippen LogP contribution in [0.25, 0.3) is 0 Å². The van der Waals surface area contributed by atoms with Gasteiger partial charge in [0.25, 0.3) is 11.8 Å². The molecule has 1 fully saturated rings. The molecule has 1 aliphatic carbocycles. The number of ether oxygens (including phenoxy) is 1. The largest absolute Gasteiger partial charge is 0.454 e. The second kappa shape index (κ2) is 7.76. The SMILES string of the molecule is CC(C)[C@H](NC(=O)c1ccccc1)C(=O)OCC(=O)NC1CC1. The molecular weight excluding hydrogens is 296 g/mol. The third-order valence-electron chi connectivity index (χ3n) is 3.53. The van der Waals surface area contributed by atoms with Gasteiger partial charge in [0.2, 0.25) is 0 Å². The molecule has 2 amide bonds. The first kappa shape index (κ1) is 17.0. The highest BCUT2D eigenvalue weighted by Crippen LogP contribution is 2.18. The summed E-state index contributed by atoms with van der Waals surface area (Å²) < 4.78 is 5.03. The summed E-state index contributed by atoms with van der Waals surface area (Å²) in [4.78, 5) is 35.9. The number of carbonyl (C=O) groups is 3. The number of amides is 2. The van der Waals surface area contributed by atoms with Crippen LogP contribution in [0.15, 0.2) is 30.3 Å². The molecule has 124 valence electrons. The van der Waals surface area contributed by atoms with Crippen molar-refractivity contribution >= 4 is 17.8 Å². The van der Waals surface area contributed by atoms with E-state index in [9.17, 15) is 14.4 Å². The van der Waals surface area contributed by atoms with E-state index in [1.807, 2.05) is 19.9 Å². The topological polar surface area (TPSA) is 84.5 Å². The smallest absolute Gasteiger partial charge is 0.329 e. The fourth-order valence-electron chi connectivity index (χ4n) is 2.04. The molecule has 0 spiro atoms. The van der Waals surface area contributed by atoms with Crippen LogP contribution in [0.3, 0.4) is 0 Å². The third-order valence-corrected chi connectivity index (χ3v) is 3.53. The maximum atomic E-state index is 12.2. The highest BCUT2D eigenvalue weighted by atomic mass is 16.5. The maximum Gasteiger partial charge on any atom is 0.329 e. The van der Waals surface area contributed by atoms with E-state index in [4.69, 9.17) is 4.74 Å². The van der Waals surface area contributed by atoms with Gasteiger partial charge in [-0.25, -0.2) is 4.79 Å². The van der Waals surface area contributed by atoms with Gasteiger partial charge in [0.15, 0.2) is 6.61 Å². The first-order chi connectivity index (χ1) is 11.0. The Morgan fingerprint density at radius 1 is 1.17 bits per heavy atom. The molecule has 1 aromatic carbocycles. The van der Waals surface area contributed by atoms with Crippen LogP contribution in [0, 0.1) is 5.92 Å². The summed E-state index contributed by atoms with van der Waals surface area (Å²) in [5.41, 5.74) is 0.470. The Morgan fingerprint density at radius 2 is 1.83 bits per heavy atom. The van der Waals surface area contributed by atoms with E-state index >= 15 is 0 Å². The Labute approximate surface area is 135 Å². The lowest BCUT2D eigenvalue weighted by molar-refractivity contribution is -0.151. The zero-order valence-electron chi connectivity index (χ0n) is 13.4. The van der Waals surface area contributed by atoms with Crippen molar-refractivity contribution in [3.8, 4) is 0 Å². The second-order valence-corrected chi connectivity index (χ2v) is 6.01. The summed E-state index contributed by atoms with van der Waals surface area (Å²) in [6, 6.07) is 8.07. The van der Waals surface area contributed by atoms with Crippen LogP contribution in [0.5, 0.6) is 0 Å². The molecule has 0 saturated heterocycles. The number of rotatable bonds is 7. The molecule has 0 bridgehead atoms. The van der Waals surface area contributed by atoms with Crippen molar-refractivity contribution in [2.24, 2.45) is 5.92 Å². The van der Waals surface area contributed by atoms with E-state index in [0.717, 1.165) is 12.8 Å². The molecule has 2 rings (SSSR count). The lowest BCUT2D eigenvalue weighted by atomic mass is 10.0. The van der Waals surface area contributed by atoms with E-state index < -0.39 is 12.0 Å². The van der Waals surface area contributed by atoms with Gasteiger partial charge in [-0.1, -0.05) is 32.0 Å². The number of hydrogen-bond acceptors (Lipinski definition) is 4. The maximum absolute atomic E-state index is 12.2. The fraction of sp³-hybridized carbons (Fsp3) is 0.471. The highest BCUT2D eigenvalue weighted by molar-refractivity contribution is 5.97. The van der Waals surface area contributed by atoms with Crippen molar-refractivity contribution in [1.82, 2.24) is 10.6 Å². The second-order valence-electron chi connectivity index (χ2n) is 6.01. The molecule has 1 saturated carbocycles. The van der Waals surface area contributed by atoms with Crippen LogP contribution in [-0.4, -0.2) is 36.5 Å². The Bertz CT molecular complexity index is 567. The standard InChI is InChI=1S/C17H22N2O4/c1-11(2)15(19-16(21)12-6-4-3-5-7-12)17(22)23-10-14(20)18-13-8-9-13/h3-7,11,13,15H,8-10H2,1-2H3,(H,18,20)(H,19,21)/t15-/m0/s1. The minimum atomic E-state index is -0.795. The number of carbonyl (C=O) groups excluding carboxylic acids is 3. The van der Waals surface area contributed by atoms with Crippen molar-refractivity contribution in [3.05, 3.63) is 35.9 Å². The van der Waals surface area contributed by atoms with Crippen molar-refractivity contribution in [3.63, 3.8) is 0 Å². The molecule has 6 heteroatoms. The first-order valence-corrected chi connectivity index (χ1v) is 7.79. The molecule has 0 heterocycles. The van der Waals surface area contributed by atoms with Crippen LogP contribution in [0.1, 0.15) is 37.0 Å². The van der Waals surface area contributed by atoms with Crippen LogP contribution < -0.4 is 10.6 Å². The molecule has 0 aliphatic heterocycles. The minimum Gasteiger partial charge on any atom is -0.454 e. The van der Waals surface area contributed by atoms with Gasteiger partial charge in [-0.3, -0.25) is 9.59 Å². The molecule has 1 aromatic rings. The number of benzene rings is 1. The van der Waals surface area contributed by atoms with Crippen LogP contribution in [-0.2, 0) is 14.3 Å². The first-order valence-electron chi connectivity index (χ1n) is 7.79. The van der Waals surface area contributed by atoms with Gasteiger partial charge in [-0.05, 0) is 30.9 Å². The summed E-state index contributed by atoms with van der Waals surface area (Å²) >= 11 is 0. The predicted molar refractivity (Wildman–Crippen MR) is 84.7 cm³/mol. The Kier molecular flexibility index (Phi) is 5.73. The Morgan fingerprint density at radius 3 is 2.39 bits per heavy atom. The quantitative estimate of drug-likeness (QED) is 0.741. The van der Waals surface area contributed by atoms with Crippen molar-refractivity contribution in [2.75, 3.05) is 6.61 Å². The fourth-order valence-corrected chi connectivity index (χ4v) is 2.04. The zero-order chi connectivity index (χ0) is 16.8. The Balaban J connectivity index is 1.87. The van der Waals surface area contributed by atoms with Gasteiger partial charge in [-0.2, -0.15) is 0 Å². The van der Waals surface area contributed by atoms with Gasteiger partial charge >= 0.3 is 5.97 Å². The van der Waals surface area contributed by atoms with E-state index in [2.05, 4.69) is 10.6 Å². The average molecular weight is 318 g/mol. The van der Waals surface area contributed by atoms with Crippen molar-refractivity contribution in [1.29, 1.82) is 0 Å². The highest BCUT2D eigenvalue weighted by Gasteiger charge is 2.28. The van der Waals surface area contributed by atoms with E-state index in [1.165, 1.54) is 0 Å². The van der Waals surface area contributed by atoms with Crippen LogP contribution in [0.4, 0.5) is 0 Å². The molecule has 0 radical (unpaired) electrons. The lowest BCUT2D eigenvalue weighted by Crippen LogP contribution is -2.46. The van der Waals surface area contributed by atoms with Gasteiger partial charge < -0.3 is 15.4 Å². The van der Waals surface area contributed by atoms with Crippen molar-refractivity contribution in [2.45, 2.75) is 38.8 Å². The summed E-state index contributed by atoms with van der Waals surface area (Å²) in [6.07, 6.45) is 1.95. The monoisotopic (exact) mass is 318 g/mol. The lowest BCUT2D eigenvalue weighted by Gasteiger charge is -2.20. The summed E-state index contributed by atoms with van der Waals surface area (Å²) in [7, 11) is 0. The van der Waals surface area contributed by atoms with Crippen molar-refractivity contribution < 1.29 is 19.1 Å². The average Bonchev–Trinajstić information content (AvgIpc) is 3.34. The number of hydrogen-bond donors (Lipinski definition) is 2. The molecule has 2 N–H and O–H groups in total. The Hall–Kier alpha value is -2.37. The summed E-state index contributed by atoms with van der Waals surface area (Å²) in [6.45, 7) is 3.29. The summed E-state index contributed by atoms with van der Waals surface area (Å²) in [5.74, 6) is -1.40. The van der Waals surface area contributed by atoms with E-state index in [0.29, 0.717) is 5.56 Å². The van der Waals surface area contributed by atoms with E-state index in [-0.39, 0.29) is 30.4 Å². The third kappa shape index (κ3) is 5.39. The minimum absolute atomic E-state index is 0.151. The number of esters is 1. The molecule has 6 nitrogen and oxygen atoms in total. The normalized spacial score (nSPS) is 14.9. The summed E-state index contributed by atoms with van der Waals surface area (Å²) in [5, 5.41) is 5.40. The molecule has 1 atom stereocenters. The van der Waals surface area contributed by atoms with Crippen LogP contribution in [0.2, 0.25) is 0 Å². The zero-order valence-corrected chi connectivity index (χ0v) is 13.4. The van der Waals surface area contributed by atoms with Gasteiger partial charge in [0.1, 0.15) is 6.04 Å². The molecule has 0 unspecified atom stereocenters. The van der Waals surface area contributed by atoms with Gasteiger partial charge in [0.05, 0.1) is 0 Å². The molecule has 23 heavy (non-hydrogen) atoms. The van der Waals surface area contributed by atoms with Gasteiger partial charge in [0, 0.05) is 11.6 Å². The van der Waals surface area contributed by atoms with Crippen LogP contribution >= 0.6 is 0 Å². The number of nitrogens with one attached hydrogen (secondary N) is 2. The van der Waals surface area contributed by atoms with E-state index in [1.54, 1.807) is 24.3 Å². The molecule has 0 aromatic heterocycles. The molecular formula is C17H22N2O4. The van der Waals surface area contributed by atoms with Gasteiger partial charge in [-0.15, -0.1) is 0 Å².